The Morgan fingerprint density at radius 1 is 1.69 bits per heavy atom. The molecular formula is C11H15N3O2. The van der Waals surface area contributed by atoms with Gasteiger partial charge in [-0.05, 0) is 31.9 Å². The van der Waals surface area contributed by atoms with Crippen LogP contribution in [0.3, 0.4) is 0 Å². The Hall–Kier alpha value is -1.62. The summed E-state index contributed by atoms with van der Waals surface area (Å²) >= 11 is 0. The summed E-state index contributed by atoms with van der Waals surface area (Å²) in [5, 5.41) is 1.84. The molecule has 0 radical (unpaired) electrons. The largest absolute Gasteiger partial charge is 0.385 e. The van der Waals surface area contributed by atoms with E-state index in [1.165, 1.54) is 0 Å². The molecule has 1 fully saturated rings. The highest BCUT2D eigenvalue weighted by Crippen LogP contribution is 2.21. The lowest BCUT2D eigenvalue weighted by molar-refractivity contribution is -0.0693. The van der Waals surface area contributed by atoms with E-state index in [4.69, 9.17) is 10.6 Å². The Bertz CT molecular complexity index is 395. The maximum atomic E-state index is 11.2. The zero-order chi connectivity index (χ0) is 11.5. The maximum absolute atomic E-state index is 11.2. The second kappa shape index (κ2) is 4.49. The van der Waals surface area contributed by atoms with Crippen LogP contribution in [-0.4, -0.2) is 28.5 Å². The molecule has 86 valence electrons. The van der Waals surface area contributed by atoms with Gasteiger partial charge in [-0.15, -0.1) is 5.06 Å². The highest BCUT2D eigenvalue weighted by molar-refractivity contribution is 5.94. The van der Waals surface area contributed by atoms with Gasteiger partial charge in [0.1, 0.15) is 5.56 Å². The number of hydrogen-bond acceptors (Lipinski definition) is 4. The molecule has 5 nitrogen and oxygen atoms in total. The van der Waals surface area contributed by atoms with E-state index in [2.05, 4.69) is 11.9 Å². The topological polar surface area (TPSA) is 68.4 Å². The number of amides is 1. The van der Waals surface area contributed by atoms with Crippen molar-refractivity contribution >= 4 is 5.91 Å². The molecule has 1 atom stereocenters. The number of hydroxylamine groups is 2. The molecule has 1 amide bonds. The van der Waals surface area contributed by atoms with Crippen LogP contribution in [-0.2, 0) is 0 Å². The number of pyridine rings is 1. The molecule has 1 aromatic rings. The zero-order valence-electron chi connectivity index (χ0n) is 9.22. The second-order valence-corrected chi connectivity index (χ2v) is 3.94. The summed E-state index contributed by atoms with van der Waals surface area (Å²) in [6.45, 7) is 2.94. The van der Waals surface area contributed by atoms with Gasteiger partial charge in [0, 0.05) is 18.8 Å². The first-order valence-electron chi connectivity index (χ1n) is 5.38. The molecule has 0 aliphatic carbocycles. The van der Waals surface area contributed by atoms with E-state index in [1.54, 1.807) is 18.3 Å². The van der Waals surface area contributed by atoms with Crippen molar-refractivity contribution in [2.45, 2.75) is 25.8 Å². The molecule has 2 heterocycles. The van der Waals surface area contributed by atoms with Crippen LogP contribution >= 0.6 is 0 Å². The third-order valence-electron chi connectivity index (χ3n) is 2.73. The molecule has 5 heteroatoms. The van der Waals surface area contributed by atoms with Crippen LogP contribution in [0.25, 0.3) is 0 Å². The lowest BCUT2D eigenvalue weighted by Crippen LogP contribution is -2.31. The average Bonchev–Trinajstić information content (AvgIpc) is 2.65. The van der Waals surface area contributed by atoms with Gasteiger partial charge < -0.3 is 10.6 Å². The Kier molecular flexibility index (Phi) is 3.05. The summed E-state index contributed by atoms with van der Waals surface area (Å²) in [5.74, 6) is -0.223. The molecule has 1 aliphatic rings. The number of nitrogens with two attached hydrogens (primary N) is 1. The third kappa shape index (κ3) is 2.14. The van der Waals surface area contributed by atoms with Crippen molar-refractivity contribution < 1.29 is 9.63 Å². The van der Waals surface area contributed by atoms with Gasteiger partial charge in [0.2, 0.25) is 0 Å². The van der Waals surface area contributed by atoms with E-state index in [1.807, 2.05) is 5.06 Å². The van der Waals surface area contributed by atoms with E-state index >= 15 is 0 Å². The monoisotopic (exact) mass is 221 g/mol. The number of carbonyl (C=O) groups excluding carboxylic acids is 1. The van der Waals surface area contributed by atoms with Crippen molar-refractivity contribution in [3.05, 3.63) is 23.9 Å². The normalized spacial score (nSPS) is 20.9. The molecule has 0 bridgehead atoms. The van der Waals surface area contributed by atoms with Gasteiger partial charge in [-0.1, -0.05) is 0 Å². The van der Waals surface area contributed by atoms with Gasteiger partial charge in [-0.3, -0.25) is 4.79 Å². The summed E-state index contributed by atoms with van der Waals surface area (Å²) in [7, 11) is 0. The first kappa shape index (κ1) is 10.9. The molecule has 0 aromatic carbocycles. The van der Waals surface area contributed by atoms with Gasteiger partial charge in [-0.25, -0.2) is 4.98 Å². The molecule has 2 N–H and O–H groups in total. The molecule has 1 aromatic heterocycles. The number of aromatic nitrogens is 1. The van der Waals surface area contributed by atoms with E-state index in [0.717, 1.165) is 19.4 Å². The van der Waals surface area contributed by atoms with Crippen LogP contribution in [0.5, 0.6) is 5.88 Å². The number of hydrogen-bond donors (Lipinski definition) is 1. The minimum atomic E-state index is -0.519. The van der Waals surface area contributed by atoms with Crippen LogP contribution in [0.15, 0.2) is 18.3 Å². The lowest BCUT2D eigenvalue weighted by atomic mass is 10.2. The van der Waals surface area contributed by atoms with Gasteiger partial charge in [-0.2, -0.15) is 0 Å². The minimum absolute atomic E-state index is 0.295. The van der Waals surface area contributed by atoms with E-state index in [0.29, 0.717) is 17.5 Å². The summed E-state index contributed by atoms with van der Waals surface area (Å²) < 4.78 is 0. The fourth-order valence-electron chi connectivity index (χ4n) is 1.80. The zero-order valence-corrected chi connectivity index (χ0v) is 9.22. The molecule has 0 spiro atoms. The maximum Gasteiger partial charge on any atom is 0.254 e. The van der Waals surface area contributed by atoms with Gasteiger partial charge in [0.05, 0.1) is 0 Å². The highest BCUT2D eigenvalue weighted by atomic mass is 16.7. The number of rotatable bonds is 3. The van der Waals surface area contributed by atoms with Crippen molar-refractivity contribution in [2.24, 2.45) is 5.73 Å². The fourth-order valence-corrected chi connectivity index (χ4v) is 1.80. The van der Waals surface area contributed by atoms with Crippen molar-refractivity contribution in [2.75, 3.05) is 6.54 Å². The SMILES string of the molecule is CC1CCCN1Oc1ncccc1C(N)=O. The predicted octanol–water partition coefficient (Wildman–Crippen LogP) is 0.959. The van der Waals surface area contributed by atoms with Crippen molar-refractivity contribution in [1.29, 1.82) is 0 Å². The van der Waals surface area contributed by atoms with Gasteiger partial charge in [0.25, 0.3) is 11.8 Å². The summed E-state index contributed by atoms with van der Waals surface area (Å²) in [6.07, 6.45) is 3.78. The molecule has 0 saturated carbocycles. The van der Waals surface area contributed by atoms with Crippen LogP contribution in [0.1, 0.15) is 30.1 Å². The summed E-state index contributed by atoms with van der Waals surface area (Å²) in [5.41, 5.74) is 5.57. The Balaban J connectivity index is 2.17. The summed E-state index contributed by atoms with van der Waals surface area (Å²) in [4.78, 5) is 20.8. The smallest absolute Gasteiger partial charge is 0.254 e. The van der Waals surface area contributed by atoms with Crippen LogP contribution in [0, 0.1) is 0 Å². The quantitative estimate of drug-likeness (QED) is 0.825. The third-order valence-corrected chi connectivity index (χ3v) is 2.73. The Morgan fingerprint density at radius 3 is 3.12 bits per heavy atom. The van der Waals surface area contributed by atoms with Gasteiger partial charge in [0.15, 0.2) is 0 Å². The van der Waals surface area contributed by atoms with Crippen molar-refractivity contribution in [3.8, 4) is 5.88 Å². The number of carbonyl (C=O) groups is 1. The molecule has 2 rings (SSSR count). The van der Waals surface area contributed by atoms with Crippen molar-refractivity contribution in [3.63, 3.8) is 0 Å². The molecule has 1 aliphatic heterocycles. The Labute approximate surface area is 94.2 Å². The summed E-state index contributed by atoms with van der Waals surface area (Å²) in [6, 6.07) is 3.63. The number of nitrogens with zero attached hydrogens (tertiary/aromatic N) is 2. The van der Waals surface area contributed by atoms with E-state index in [9.17, 15) is 4.79 Å². The van der Waals surface area contributed by atoms with Gasteiger partial charge >= 0.3 is 0 Å². The first-order valence-corrected chi connectivity index (χ1v) is 5.38. The lowest BCUT2D eigenvalue weighted by Gasteiger charge is -2.21. The van der Waals surface area contributed by atoms with E-state index in [-0.39, 0.29) is 0 Å². The minimum Gasteiger partial charge on any atom is -0.385 e. The molecule has 16 heavy (non-hydrogen) atoms. The average molecular weight is 221 g/mol. The second-order valence-electron chi connectivity index (χ2n) is 3.94. The van der Waals surface area contributed by atoms with Crippen molar-refractivity contribution in [1.82, 2.24) is 10.0 Å². The fraction of sp³-hybridized carbons (Fsp3) is 0.455. The standard InChI is InChI=1S/C11H15N3O2/c1-8-4-3-7-14(8)16-11-9(10(12)15)5-2-6-13-11/h2,5-6,8H,3-4,7H2,1H3,(H2,12,15). The van der Waals surface area contributed by atoms with E-state index < -0.39 is 5.91 Å². The first-order chi connectivity index (χ1) is 7.68. The molecular weight excluding hydrogens is 206 g/mol. The Morgan fingerprint density at radius 2 is 2.50 bits per heavy atom. The highest BCUT2D eigenvalue weighted by Gasteiger charge is 2.24. The van der Waals surface area contributed by atoms with Crippen LogP contribution in [0.2, 0.25) is 0 Å². The molecule has 1 saturated heterocycles. The van der Waals surface area contributed by atoms with Crippen LogP contribution < -0.4 is 10.6 Å². The molecule has 1 unspecified atom stereocenters. The predicted molar refractivity (Wildman–Crippen MR) is 58.8 cm³/mol. The number of primary amides is 1. The van der Waals surface area contributed by atoms with Crippen LogP contribution in [0.4, 0.5) is 0 Å².